The minimum Gasteiger partial charge on any atom is -0.309 e. The topological polar surface area (TPSA) is 3.24 Å². The second-order valence-electron chi connectivity index (χ2n) is 18.1. The lowest BCUT2D eigenvalue weighted by molar-refractivity contribution is 0.597. The minimum absolute atomic E-state index is 0.0153. The van der Waals surface area contributed by atoms with Gasteiger partial charge in [0.1, 0.15) is 0 Å². The van der Waals surface area contributed by atoms with Crippen LogP contribution in [0.3, 0.4) is 0 Å². The van der Waals surface area contributed by atoms with Crippen LogP contribution in [0.25, 0.3) is 96.6 Å². The smallest absolute Gasteiger partial charge is 0.0640 e. The van der Waals surface area contributed by atoms with Crippen molar-refractivity contribution in [3.63, 3.8) is 0 Å². The van der Waals surface area contributed by atoms with E-state index in [1.807, 2.05) is 11.3 Å². The molecule has 12 rings (SSSR count). The summed E-state index contributed by atoms with van der Waals surface area (Å²) < 4.78 is 2.66. The average Bonchev–Trinajstić information content (AvgIpc) is 3.74. The first-order valence-electron chi connectivity index (χ1n) is 22.2. The Bertz CT molecular complexity index is 3750. The molecule has 0 amide bonds. The number of fused-ring (bicyclic) bond motifs is 8. The molecule has 0 aliphatic heterocycles. The molecule has 0 N–H and O–H groups in total. The van der Waals surface area contributed by atoms with Gasteiger partial charge < -0.3 is 4.90 Å². The van der Waals surface area contributed by atoms with Gasteiger partial charge in [0.25, 0.3) is 0 Å². The normalized spacial score (nSPS) is 12.0. The highest BCUT2D eigenvalue weighted by Gasteiger charge is 2.24. The Kier molecular flexibility index (Phi) is 9.00. The number of anilines is 3. The fourth-order valence-corrected chi connectivity index (χ4v) is 11.4. The van der Waals surface area contributed by atoms with Crippen molar-refractivity contribution < 1.29 is 0 Å². The molecule has 0 aliphatic carbocycles. The summed E-state index contributed by atoms with van der Waals surface area (Å²) in [5.41, 5.74) is 12.1. The van der Waals surface area contributed by atoms with Crippen LogP contribution >= 0.6 is 11.3 Å². The van der Waals surface area contributed by atoms with E-state index in [2.05, 4.69) is 244 Å². The molecule has 0 radical (unpaired) electrons. The first kappa shape index (κ1) is 38.2. The zero-order valence-electron chi connectivity index (χ0n) is 36.1. The van der Waals surface area contributed by atoms with Gasteiger partial charge in [-0.25, -0.2) is 0 Å². The largest absolute Gasteiger partial charge is 0.309 e. The molecule has 0 spiro atoms. The monoisotopic (exact) mass is 835 g/mol. The summed E-state index contributed by atoms with van der Waals surface area (Å²) in [6.45, 7) is 7.02. The molecule has 11 aromatic carbocycles. The van der Waals surface area contributed by atoms with E-state index in [1.165, 1.54) is 108 Å². The van der Waals surface area contributed by atoms with Gasteiger partial charge in [0.2, 0.25) is 0 Å². The number of benzene rings is 11. The molecule has 304 valence electrons. The van der Waals surface area contributed by atoms with Crippen LogP contribution in [0.1, 0.15) is 26.3 Å². The van der Waals surface area contributed by atoms with E-state index >= 15 is 0 Å². The highest BCUT2D eigenvalue weighted by molar-refractivity contribution is 7.26. The zero-order chi connectivity index (χ0) is 42.9. The van der Waals surface area contributed by atoms with Gasteiger partial charge in [-0.3, -0.25) is 0 Å². The summed E-state index contributed by atoms with van der Waals surface area (Å²) in [6, 6.07) is 80.8. The van der Waals surface area contributed by atoms with Gasteiger partial charge in [0.05, 0.1) is 10.4 Å². The Morgan fingerprint density at radius 3 is 1.50 bits per heavy atom. The molecule has 2 heteroatoms. The van der Waals surface area contributed by atoms with Crippen molar-refractivity contribution in [1.82, 2.24) is 0 Å². The molecule has 0 atom stereocenters. The fourth-order valence-electron chi connectivity index (χ4n) is 9.84. The molecule has 0 unspecified atom stereocenters. The number of rotatable bonds is 6. The van der Waals surface area contributed by atoms with Crippen molar-refractivity contribution in [3.05, 3.63) is 224 Å². The first-order chi connectivity index (χ1) is 31.3. The summed E-state index contributed by atoms with van der Waals surface area (Å²) in [4.78, 5) is 2.46. The van der Waals surface area contributed by atoms with Crippen LogP contribution in [0, 0.1) is 0 Å². The molecule has 0 saturated heterocycles. The third kappa shape index (κ3) is 6.53. The van der Waals surface area contributed by atoms with Crippen molar-refractivity contribution in [2.24, 2.45) is 0 Å². The van der Waals surface area contributed by atoms with Gasteiger partial charge in [-0.2, -0.15) is 0 Å². The second-order valence-corrected chi connectivity index (χ2v) is 19.2. The number of hydrogen-bond donors (Lipinski definition) is 0. The standard InChI is InChI=1S/C62H45NS/c1-62(2,3)57-39-50-15-7-9-18-55(50)59-56-20-11-21-58(60(56)64-61(57)59)63(52-34-30-43(31-35-52)54-19-10-16-42-13-6-8-17-53(42)54)51-32-28-41(29-33-51)45-24-25-48-38-49(27-26-47(48)37-45)46-23-22-40-12-4-5-14-44(40)36-46/h4-39H,1-3H3. The summed E-state index contributed by atoms with van der Waals surface area (Å²) >= 11 is 1.93. The average molecular weight is 836 g/mol. The molecule has 0 aliphatic rings. The van der Waals surface area contributed by atoms with Crippen LogP contribution in [0.2, 0.25) is 0 Å². The van der Waals surface area contributed by atoms with E-state index in [0.29, 0.717) is 0 Å². The quantitative estimate of drug-likeness (QED) is 0.161. The van der Waals surface area contributed by atoms with Gasteiger partial charge in [-0.05, 0) is 142 Å². The number of thiophene rings is 1. The van der Waals surface area contributed by atoms with E-state index < -0.39 is 0 Å². The molecule has 12 aromatic rings. The fraction of sp³-hybridized carbons (Fsp3) is 0.0645. The van der Waals surface area contributed by atoms with Gasteiger partial charge in [-0.1, -0.05) is 185 Å². The molecule has 1 heterocycles. The molecular weight excluding hydrogens is 791 g/mol. The molecule has 0 bridgehead atoms. The van der Waals surface area contributed by atoms with Crippen molar-refractivity contribution in [3.8, 4) is 33.4 Å². The highest BCUT2D eigenvalue weighted by Crippen LogP contribution is 2.49. The van der Waals surface area contributed by atoms with Crippen molar-refractivity contribution >= 4 is 91.7 Å². The predicted octanol–water partition coefficient (Wildman–Crippen LogP) is 18.4. The van der Waals surface area contributed by atoms with Crippen LogP contribution in [-0.2, 0) is 5.41 Å². The van der Waals surface area contributed by atoms with Crippen LogP contribution in [0.15, 0.2) is 218 Å². The third-order valence-electron chi connectivity index (χ3n) is 13.1. The lowest BCUT2D eigenvalue weighted by Gasteiger charge is -2.26. The van der Waals surface area contributed by atoms with Crippen molar-refractivity contribution in [2.75, 3.05) is 4.90 Å². The summed E-state index contributed by atoms with van der Waals surface area (Å²) in [7, 11) is 0. The van der Waals surface area contributed by atoms with E-state index in [-0.39, 0.29) is 5.41 Å². The molecule has 0 fully saturated rings. The highest BCUT2D eigenvalue weighted by atomic mass is 32.1. The van der Waals surface area contributed by atoms with Crippen LogP contribution in [0.4, 0.5) is 17.1 Å². The van der Waals surface area contributed by atoms with E-state index in [4.69, 9.17) is 0 Å². The van der Waals surface area contributed by atoms with Gasteiger partial charge in [-0.15, -0.1) is 11.3 Å². The third-order valence-corrected chi connectivity index (χ3v) is 14.4. The molecular formula is C62H45NS. The number of hydrogen-bond acceptors (Lipinski definition) is 2. The Labute approximate surface area is 378 Å². The van der Waals surface area contributed by atoms with Crippen molar-refractivity contribution in [2.45, 2.75) is 26.2 Å². The Morgan fingerprint density at radius 2 is 0.828 bits per heavy atom. The second kappa shape index (κ2) is 15.1. The Balaban J connectivity index is 0.972. The maximum absolute atomic E-state index is 2.46. The van der Waals surface area contributed by atoms with Crippen molar-refractivity contribution in [1.29, 1.82) is 0 Å². The van der Waals surface area contributed by atoms with Gasteiger partial charge in [0, 0.05) is 26.8 Å². The number of nitrogens with zero attached hydrogens (tertiary/aromatic N) is 1. The van der Waals surface area contributed by atoms with E-state index in [1.54, 1.807) is 0 Å². The van der Waals surface area contributed by atoms with Gasteiger partial charge in [0.15, 0.2) is 0 Å². The lowest BCUT2D eigenvalue weighted by Crippen LogP contribution is -2.11. The molecule has 1 aromatic heterocycles. The minimum atomic E-state index is -0.0153. The maximum atomic E-state index is 2.46. The summed E-state index contributed by atoms with van der Waals surface area (Å²) in [6.07, 6.45) is 0. The SMILES string of the molecule is CC(C)(C)c1cc2ccccc2c2c1sc1c(N(c3ccc(-c4ccc5cc(-c6ccc7ccccc7c6)ccc5c4)cc3)c3ccc(-c4cccc5ccccc45)cc3)cccc12. The predicted molar refractivity (Wildman–Crippen MR) is 279 cm³/mol. The Hall–Kier alpha value is -7.52. The first-order valence-corrected chi connectivity index (χ1v) is 23.0. The van der Waals surface area contributed by atoms with Crippen LogP contribution in [-0.4, -0.2) is 0 Å². The van der Waals surface area contributed by atoms with Gasteiger partial charge >= 0.3 is 0 Å². The molecule has 64 heavy (non-hydrogen) atoms. The summed E-state index contributed by atoms with van der Waals surface area (Å²) in [5, 5.41) is 12.8. The van der Waals surface area contributed by atoms with Crippen LogP contribution < -0.4 is 4.90 Å². The van der Waals surface area contributed by atoms with E-state index in [0.717, 1.165) is 11.4 Å². The molecule has 1 nitrogen and oxygen atoms in total. The maximum Gasteiger partial charge on any atom is 0.0640 e. The summed E-state index contributed by atoms with van der Waals surface area (Å²) in [5.74, 6) is 0. The lowest BCUT2D eigenvalue weighted by atomic mass is 9.84. The van der Waals surface area contributed by atoms with E-state index in [9.17, 15) is 0 Å². The molecule has 0 saturated carbocycles. The Morgan fingerprint density at radius 1 is 0.344 bits per heavy atom. The van der Waals surface area contributed by atoms with Crippen LogP contribution in [0.5, 0.6) is 0 Å². The zero-order valence-corrected chi connectivity index (χ0v) is 37.0.